The quantitative estimate of drug-likeness (QED) is 0.843. The Kier molecular flexibility index (Phi) is 5.05. The number of amides is 1. The van der Waals surface area contributed by atoms with Crippen LogP contribution in [0.25, 0.3) is 0 Å². The molecule has 1 amide bonds. The van der Waals surface area contributed by atoms with E-state index in [0.29, 0.717) is 18.3 Å². The van der Waals surface area contributed by atoms with E-state index in [-0.39, 0.29) is 12.0 Å². The number of likely N-dealkylation sites (tertiary alicyclic amines) is 1. The predicted octanol–water partition coefficient (Wildman–Crippen LogP) is 3.35. The number of benzene rings is 1. The van der Waals surface area contributed by atoms with Gasteiger partial charge in [-0.15, -0.1) is 0 Å². The normalized spacial score (nSPS) is 24.2. The molecule has 1 aromatic carbocycles. The van der Waals surface area contributed by atoms with Crippen molar-refractivity contribution in [3.05, 3.63) is 30.3 Å². The fraction of sp³-hybridized carbons (Fsp3) is 0.588. The van der Waals surface area contributed by atoms with E-state index >= 15 is 0 Å². The first-order chi connectivity index (χ1) is 9.60. The van der Waals surface area contributed by atoms with Crippen molar-refractivity contribution >= 4 is 5.91 Å². The lowest BCUT2D eigenvalue weighted by Crippen LogP contribution is -2.48. The van der Waals surface area contributed by atoms with Gasteiger partial charge in [-0.05, 0) is 36.8 Å². The van der Waals surface area contributed by atoms with Gasteiger partial charge in [-0.25, -0.2) is 0 Å². The summed E-state index contributed by atoms with van der Waals surface area (Å²) in [6.45, 7) is 8.15. The van der Waals surface area contributed by atoms with Gasteiger partial charge in [0, 0.05) is 13.1 Å². The van der Waals surface area contributed by atoms with Crippen LogP contribution < -0.4 is 4.74 Å². The Bertz CT molecular complexity index is 422. The second kappa shape index (κ2) is 6.78. The Hall–Kier alpha value is -1.51. The summed E-state index contributed by atoms with van der Waals surface area (Å²) in [5.41, 5.74) is 0. The maximum atomic E-state index is 12.6. The summed E-state index contributed by atoms with van der Waals surface area (Å²) in [6.07, 6.45) is 1.54. The summed E-state index contributed by atoms with van der Waals surface area (Å²) in [4.78, 5) is 14.6. The van der Waals surface area contributed by atoms with E-state index in [2.05, 4.69) is 13.8 Å². The molecule has 1 aliphatic rings. The van der Waals surface area contributed by atoms with Crippen molar-refractivity contribution in [2.45, 2.75) is 39.7 Å². The molecule has 1 fully saturated rings. The van der Waals surface area contributed by atoms with Gasteiger partial charge in [-0.2, -0.15) is 0 Å². The second-order valence-corrected chi connectivity index (χ2v) is 6.02. The second-order valence-electron chi connectivity index (χ2n) is 6.02. The number of rotatable bonds is 4. The molecule has 0 aromatic heterocycles. The molecular formula is C17H25NO2. The van der Waals surface area contributed by atoms with E-state index in [1.54, 1.807) is 0 Å². The third-order valence-electron chi connectivity index (χ3n) is 3.85. The largest absolute Gasteiger partial charge is 0.481 e. The minimum absolute atomic E-state index is 0.134. The zero-order valence-corrected chi connectivity index (χ0v) is 12.7. The van der Waals surface area contributed by atoms with Crippen LogP contribution >= 0.6 is 0 Å². The molecule has 0 bridgehead atoms. The maximum Gasteiger partial charge on any atom is 0.263 e. The monoisotopic (exact) mass is 275 g/mol. The number of nitrogens with zero attached hydrogens (tertiary/aromatic N) is 1. The summed E-state index contributed by atoms with van der Waals surface area (Å²) in [5, 5.41) is 0. The number of hydrogen-bond donors (Lipinski definition) is 0. The Morgan fingerprint density at radius 1 is 1.25 bits per heavy atom. The van der Waals surface area contributed by atoms with Gasteiger partial charge in [0.2, 0.25) is 0 Å². The van der Waals surface area contributed by atoms with E-state index in [9.17, 15) is 4.79 Å². The number of para-hydroxylation sites is 1. The van der Waals surface area contributed by atoms with Crippen molar-refractivity contribution in [3.63, 3.8) is 0 Å². The van der Waals surface area contributed by atoms with E-state index in [1.807, 2.05) is 42.2 Å². The maximum absolute atomic E-state index is 12.6. The lowest BCUT2D eigenvalue weighted by Gasteiger charge is -2.36. The van der Waals surface area contributed by atoms with Gasteiger partial charge in [0.05, 0.1) is 0 Å². The average Bonchev–Trinajstić information content (AvgIpc) is 2.44. The van der Waals surface area contributed by atoms with Crippen molar-refractivity contribution < 1.29 is 9.53 Å². The molecule has 20 heavy (non-hydrogen) atoms. The lowest BCUT2D eigenvalue weighted by atomic mass is 9.91. The average molecular weight is 275 g/mol. The minimum Gasteiger partial charge on any atom is -0.481 e. The van der Waals surface area contributed by atoms with Gasteiger partial charge in [0.15, 0.2) is 6.10 Å². The summed E-state index contributed by atoms with van der Waals surface area (Å²) in [7, 11) is 0. The summed E-state index contributed by atoms with van der Waals surface area (Å²) < 4.78 is 5.86. The standard InChI is InChI=1S/C17H25NO2/c1-4-16(20-15-8-6-5-7-9-15)17(19)18-11-13(2)10-14(3)12-18/h5-9,13-14,16H,4,10-12H2,1-3H3/t13-,14-,16-/m0/s1. The molecule has 0 aliphatic carbocycles. The van der Waals surface area contributed by atoms with Gasteiger partial charge < -0.3 is 9.64 Å². The van der Waals surface area contributed by atoms with Gasteiger partial charge >= 0.3 is 0 Å². The van der Waals surface area contributed by atoms with Crippen LogP contribution in [0.4, 0.5) is 0 Å². The van der Waals surface area contributed by atoms with Gasteiger partial charge in [-0.1, -0.05) is 39.0 Å². The van der Waals surface area contributed by atoms with Crippen LogP contribution in [0.3, 0.4) is 0 Å². The third-order valence-corrected chi connectivity index (χ3v) is 3.85. The zero-order valence-electron chi connectivity index (χ0n) is 12.7. The molecule has 1 saturated heterocycles. The van der Waals surface area contributed by atoms with E-state index in [0.717, 1.165) is 18.8 Å². The van der Waals surface area contributed by atoms with Crippen LogP contribution in [-0.2, 0) is 4.79 Å². The summed E-state index contributed by atoms with van der Waals surface area (Å²) in [6, 6.07) is 9.60. The van der Waals surface area contributed by atoms with Crippen LogP contribution in [0.15, 0.2) is 30.3 Å². The molecule has 1 aromatic rings. The van der Waals surface area contributed by atoms with E-state index in [1.165, 1.54) is 6.42 Å². The molecule has 110 valence electrons. The Morgan fingerprint density at radius 3 is 2.40 bits per heavy atom. The fourth-order valence-electron chi connectivity index (χ4n) is 3.02. The van der Waals surface area contributed by atoms with Crippen LogP contribution in [0, 0.1) is 11.8 Å². The number of piperidine rings is 1. The molecule has 2 rings (SSSR count). The molecule has 1 heterocycles. The van der Waals surface area contributed by atoms with E-state index < -0.39 is 0 Å². The summed E-state index contributed by atoms with van der Waals surface area (Å²) in [5.74, 6) is 2.06. The Morgan fingerprint density at radius 2 is 1.85 bits per heavy atom. The molecular weight excluding hydrogens is 250 g/mol. The van der Waals surface area contributed by atoms with Crippen LogP contribution in [0.2, 0.25) is 0 Å². The van der Waals surface area contributed by atoms with Crippen molar-refractivity contribution in [2.75, 3.05) is 13.1 Å². The highest BCUT2D eigenvalue weighted by Gasteiger charge is 2.30. The van der Waals surface area contributed by atoms with Crippen molar-refractivity contribution in [1.29, 1.82) is 0 Å². The van der Waals surface area contributed by atoms with Gasteiger partial charge in [-0.3, -0.25) is 4.79 Å². The van der Waals surface area contributed by atoms with Crippen molar-refractivity contribution in [1.82, 2.24) is 4.90 Å². The topological polar surface area (TPSA) is 29.5 Å². The van der Waals surface area contributed by atoms with Crippen LogP contribution in [0.5, 0.6) is 5.75 Å². The van der Waals surface area contributed by atoms with Crippen molar-refractivity contribution in [2.24, 2.45) is 11.8 Å². The SMILES string of the molecule is CC[C@H](Oc1ccccc1)C(=O)N1C[C@@H](C)C[C@H](C)C1. The predicted molar refractivity (Wildman–Crippen MR) is 80.7 cm³/mol. The highest BCUT2D eigenvalue weighted by Crippen LogP contribution is 2.23. The first-order valence-corrected chi connectivity index (χ1v) is 7.60. The lowest BCUT2D eigenvalue weighted by molar-refractivity contribution is -0.141. The molecule has 3 atom stereocenters. The minimum atomic E-state index is -0.366. The summed E-state index contributed by atoms with van der Waals surface area (Å²) >= 11 is 0. The Labute approximate surface area is 121 Å². The highest BCUT2D eigenvalue weighted by molar-refractivity contribution is 5.81. The number of ether oxygens (including phenoxy) is 1. The molecule has 1 aliphatic heterocycles. The molecule has 0 unspecified atom stereocenters. The highest BCUT2D eigenvalue weighted by atomic mass is 16.5. The molecule has 0 radical (unpaired) electrons. The third kappa shape index (κ3) is 3.75. The molecule has 0 spiro atoms. The van der Waals surface area contributed by atoms with Gasteiger partial charge in [0.1, 0.15) is 5.75 Å². The molecule has 3 heteroatoms. The molecule has 0 saturated carbocycles. The van der Waals surface area contributed by atoms with Crippen molar-refractivity contribution in [3.8, 4) is 5.75 Å². The number of hydrogen-bond acceptors (Lipinski definition) is 2. The van der Waals surface area contributed by atoms with E-state index in [4.69, 9.17) is 4.74 Å². The smallest absolute Gasteiger partial charge is 0.263 e. The fourth-order valence-corrected chi connectivity index (χ4v) is 3.02. The van der Waals surface area contributed by atoms with Crippen LogP contribution in [-0.4, -0.2) is 30.0 Å². The molecule has 0 N–H and O–H groups in total. The first kappa shape index (κ1) is 14.9. The van der Waals surface area contributed by atoms with Gasteiger partial charge in [0.25, 0.3) is 5.91 Å². The van der Waals surface area contributed by atoms with Crippen LogP contribution in [0.1, 0.15) is 33.6 Å². The first-order valence-electron chi connectivity index (χ1n) is 7.60. The zero-order chi connectivity index (χ0) is 14.5. The molecule has 3 nitrogen and oxygen atoms in total. The number of carbonyl (C=O) groups excluding carboxylic acids is 1. The number of carbonyl (C=O) groups is 1. The Balaban J connectivity index is 2.01.